The van der Waals surface area contributed by atoms with Gasteiger partial charge in [-0.1, -0.05) is 19.1 Å². The van der Waals surface area contributed by atoms with Gasteiger partial charge in [-0.05, 0) is 32.4 Å². The van der Waals surface area contributed by atoms with E-state index in [1.807, 2.05) is 38.1 Å². The van der Waals surface area contributed by atoms with Crippen LogP contribution in [0, 0.1) is 6.92 Å². The number of hydrogen-bond donors (Lipinski definition) is 1. The minimum Gasteiger partial charge on any atom is -0.490 e. The largest absolute Gasteiger partial charge is 0.490 e. The van der Waals surface area contributed by atoms with Crippen LogP contribution >= 0.6 is 0 Å². The fourth-order valence-corrected chi connectivity index (χ4v) is 1.91. The fourth-order valence-electron chi connectivity index (χ4n) is 1.91. The van der Waals surface area contributed by atoms with Crippen LogP contribution in [-0.4, -0.2) is 16.6 Å². The molecule has 5 nitrogen and oxygen atoms in total. The summed E-state index contributed by atoms with van der Waals surface area (Å²) in [5.74, 6) is 2.96. The number of nitrogen functional groups attached to an aromatic ring is 1. The number of nitrogens with zero attached hydrogens (tertiary/aromatic N) is 2. The molecule has 0 spiro atoms. The average Bonchev–Trinajstić information content (AvgIpc) is 2.47. The monoisotopic (exact) mass is 287 g/mol. The van der Waals surface area contributed by atoms with Crippen molar-refractivity contribution in [2.75, 3.05) is 12.3 Å². The van der Waals surface area contributed by atoms with E-state index in [-0.39, 0.29) is 0 Å². The van der Waals surface area contributed by atoms with Crippen molar-refractivity contribution < 1.29 is 9.47 Å². The van der Waals surface area contributed by atoms with Gasteiger partial charge in [-0.25, -0.2) is 4.98 Å². The molecule has 1 aromatic heterocycles. The van der Waals surface area contributed by atoms with Crippen molar-refractivity contribution in [1.29, 1.82) is 0 Å². The molecule has 112 valence electrons. The SMILES string of the molecule is CCCc1nc(N)c(C)c(Oc2ccccc2OCC)n1. The van der Waals surface area contributed by atoms with Crippen LogP contribution in [0.3, 0.4) is 0 Å². The summed E-state index contributed by atoms with van der Waals surface area (Å²) in [6.45, 7) is 6.43. The van der Waals surface area contributed by atoms with Crippen molar-refractivity contribution in [1.82, 2.24) is 9.97 Å². The molecule has 0 bridgehead atoms. The van der Waals surface area contributed by atoms with Crippen LogP contribution in [0.15, 0.2) is 24.3 Å². The molecule has 0 unspecified atom stereocenters. The van der Waals surface area contributed by atoms with Gasteiger partial charge in [0, 0.05) is 6.42 Å². The fraction of sp³-hybridized carbons (Fsp3) is 0.375. The van der Waals surface area contributed by atoms with Crippen molar-refractivity contribution >= 4 is 5.82 Å². The molecule has 1 aromatic carbocycles. The second-order valence-electron chi connectivity index (χ2n) is 4.69. The molecule has 0 saturated heterocycles. The van der Waals surface area contributed by atoms with Crippen molar-refractivity contribution in [3.63, 3.8) is 0 Å². The van der Waals surface area contributed by atoms with Crippen LogP contribution in [0.5, 0.6) is 17.4 Å². The Balaban J connectivity index is 2.34. The summed E-state index contributed by atoms with van der Waals surface area (Å²) >= 11 is 0. The van der Waals surface area contributed by atoms with Gasteiger partial charge in [-0.2, -0.15) is 4.98 Å². The molecule has 0 aliphatic carbocycles. The second-order valence-corrected chi connectivity index (χ2v) is 4.69. The van der Waals surface area contributed by atoms with Crippen LogP contribution in [-0.2, 0) is 6.42 Å². The maximum atomic E-state index is 5.94. The lowest BCUT2D eigenvalue weighted by molar-refractivity contribution is 0.319. The number of nitrogens with two attached hydrogens (primary N) is 1. The third kappa shape index (κ3) is 3.62. The highest BCUT2D eigenvalue weighted by Crippen LogP contribution is 2.32. The third-order valence-corrected chi connectivity index (χ3v) is 3.01. The molecule has 1 heterocycles. The Hall–Kier alpha value is -2.30. The van der Waals surface area contributed by atoms with Gasteiger partial charge in [0.15, 0.2) is 11.5 Å². The molecule has 0 fully saturated rings. The molecule has 5 heteroatoms. The molecule has 2 rings (SSSR count). The maximum Gasteiger partial charge on any atom is 0.227 e. The number of ether oxygens (including phenoxy) is 2. The minimum absolute atomic E-state index is 0.456. The van der Waals surface area contributed by atoms with E-state index in [0.29, 0.717) is 35.6 Å². The molecular formula is C16H21N3O2. The first-order valence-electron chi connectivity index (χ1n) is 7.18. The van der Waals surface area contributed by atoms with E-state index in [1.54, 1.807) is 0 Å². The lowest BCUT2D eigenvalue weighted by Gasteiger charge is -2.13. The van der Waals surface area contributed by atoms with E-state index in [2.05, 4.69) is 16.9 Å². The number of rotatable bonds is 6. The van der Waals surface area contributed by atoms with E-state index in [4.69, 9.17) is 15.2 Å². The summed E-state index contributed by atoms with van der Waals surface area (Å²) in [6.07, 6.45) is 1.73. The Kier molecular flexibility index (Phi) is 4.98. The van der Waals surface area contributed by atoms with Crippen LogP contribution in [0.2, 0.25) is 0 Å². The topological polar surface area (TPSA) is 70.3 Å². The highest BCUT2D eigenvalue weighted by atomic mass is 16.5. The van der Waals surface area contributed by atoms with Crippen molar-refractivity contribution in [2.45, 2.75) is 33.6 Å². The lowest BCUT2D eigenvalue weighted by Crippen LogP contribution is -2.05. The average molecular weight is 287 g/mol. The lowest BCUT2D eigenvalue weighted by atomic mass is 10.2. The Morgan fingerprint density at radius 2 is 1.81 bits per heavy atom. The summed E-state index contributed by atoms with van der Waals surface area (Å²) in [5.41, 5.74) is 6.68. The van der Waals surface area contributed by atoms with Gasteiger partial charge in [0.25, 0.3) is 0 Å². The molecule has 0 aliphatic heterocycles. The number of anilines is 1. The highest BCUT2D eigenvalue weighted by Gasteiger charge is 2.13. The first kappa shape index (κ1) is 15.1. The van der Waals surface area contributed by atoms with Gasteiger partial charge in [0.2, 0.25) is 5.88 Å². The van der Waals surface area contributed by atoms with Crippen LogP contribution < -0.4 is 15.2 Å². The Morgan fingerprint density at radius 3 is 2.48 bits per heavy atom. The summed E-state index contributed by atoms with van der Waals surface area (Å²) in [4.78, 5) is 8.73. The molecule has 2 aromatic rings. The molecule has 0 amide bonds. The second kappa shape index (κ2) is 6.92. The highest BCUT2D eigenvalue weighted by molar-refractivity contribution is 5.48. The Morgan fingerprint density at radius 1 is 1.10 bits per heavy atom. The zero-order valence-electron chi connectivity index (χ0n) is 12.7. The van der Waals surface area contributed by atoms with Crippen molar-refractivity contribution in [3.05, 3.63) is 35.7 Å². The summed E-state index contributed by atoms with van der Waals surface area (Å²) in [7, 11) is 0. The molecule has 0 atom stereocenters. The number of aromatic nitrogens is 2. The van der Waals surface area contributed by atoms with Crippen LogP contribution in [0.25, 0.3) is 0 Å². The van der Waals surface area contributed by atoms with E-state index < -0.39 is 0 Å². The molecule has 0 saturated carbocycles. The number of benzene rings is 1. The smallest absolute Gasteiger partial charge is 0.227 e. The third-order valence-electron chi connectivity index (χ3n) is 3.01. The maximum absolute atomic E-state index is 5.94. The van der Waals surface area contributed by atoms with Gasteiger partial charge < -0.3 is 15.2 Å². The minimum atomic E-state index is 0.456. The standard InChI is InChI=1S/C16H21N3O2/c1-4-8-14-18-15(17)11(3)16(19-14)21-13-10-7-6-9-12(13)20-5-2/h6-7,9-10H,4-5,8H2,1-3H3,(H2,17,18,19). The van der Waals surface area contributed by atoms with Gasteiger partial charge >= 0.3 is 0 Å². The zero-order chi connectivity index (χ0) is 15.2. The molecule has 21 heavy (non-hydrogen) atoms. The predicted octanol–water partition coefficient (Wildman–Crippen LogP) is 3.51. The number of para-hydroxylation sites is 2. The summed E-state index contributed by atoms with van der Waals surface area (Å²) < 4.78 is 11.5. The Labute approximate surface area is 125 Å². The van der Waals surface area contributed by atoms with Gasteiger partial charge in [-0.15, -0.1) is 0 Å². The van der Waals surface area contributed by atoms with Gasteiger partial charge in [0.05, 0.1) is 12.2 Å². The summed E-state index contributed by atoms with van der Waals surface area (Å²) in [5, 5.41) is 0. The predicted molar refractivity (Wildman–Crippen MR) is 82.9 cm³/mol. The van der Waals surface area contributed by atoms with Gasteiger partial charge in [0.1, 0.15) is 11.6 Å². The van der Waals surface area contributed by atoms with E-state index in [9.17, 15) is 0 Å². The quantitative estimate of drug-likeness (QED) is 0.880. The van der Waals surface area contributed by atoms with E-state index in [1.165, 1.54) is 0 Å². The van der Waals surface area contributed by atoms with E-state index in [0.717, 1.165) is 18.4 Å². The van der Waals surface area contributed by atoms with Crippen molar-refractivity contribution in [3.8, 4) is 17.4 Å². The van der Waals surface area contributed by atoms with Crippen LogP contribution in [0.4, 0.5) is 5.82 Å². The molecule has 2 N–H and O–H groups in total. The van der Waals surface area contributed by atoms with Gasteiger partial charge in [-0.3, -0.25) is 0 Å². The Bertz CT molecular complexity index is 614. The number of aryl methyl sites for hydroxylation is 1. The first-order chi connectivity index (χ1) is 10.2. The number of hydrogen-bond acceptors (Lipinski definition) is 5. The van der Waals surface area contributed by atoms with Crippen molar-refractivity contribution in [2.24, 2.45) is 0 Å². The zero-order valence-corrected chi connectivity index (χ0v) is 12.7. The molecule has 0 aliphatic rings. The van der Waals surface area contributed by atoms with E-state index >= 15 is 0 Å². The normalized spacial score (nSPS) is 10.4. The first-order valence-corrected chi connectivity index (χ1v) is 7.18. The van der Waals surface area contributed by atoms with Crippen LogP contribution in [0.1, 0.15) is 31.7 Å². The summed E-state index contributed by atoms with van der Waals surface area (Å²) in [6, 6.07) is 7.51. The molecule has 0 radical (unpaired) electrons. The molecular weight excluding hydrogens is 266 g/mol.